The van der Waals surface area contributed by atoms with Crippen molar-refractivity contribution in [1.29, 1.82) is 0 Å². The number of nitrogens with zero attached hydrogens (tertiary/aromatic N) is 3. The summed E-state index contributed by atoms with van der Waals surface area (Å²) in [5.74, 6) is -0.910. The van der Waals surface area contributed by atoms with Gasteiger partial charge in [-0.15, -0.1) is 0 Å². The van der Waals surface area contributed by atoms with Crippen LogP contribution in [0.5, 0.6) is 0 Å². The van der Waals surface area contributed by atoms with Crippen LogP contribution in [0.3, 0.4) is 0 Å². The maximum Gasteiger partial charge on any atom is 0.246 e. The molecule has 1 aromatic carbocycles. The molecule has 5 nitrogen and oxygen atoms in total. The summed E-state index contributed by atoms with van der Waals surface area (Å²) in [6.07, 6.45) is 6.05. The fraction of sp³-hybridized carbons (Fsp3) is 0.211. The molecule has 0 aliphatic carbocycles. The Hall–Kier alpha value is -3.02. The summed E-state index contributed by atoms with van der Waals surface area (Å²) in [6, 6.07) is 9.13. The SMILES string of the molecule is O=C(/C=C/C(=O)N1CCN(c2cccnc2)CC1)c1ccc(F)cc1. The van der Waals surface area contributed by atoms with Gasteiger partial charge in [-0.2, -0.15) is 0 Å². The maximum absolute atomic E-state index is 12.9. The van der Waals surface area contributed by atoms with Crippen molar-refractivity contribution in [2.75, 3.05) is 31.1 Å². The van der Waals surface area contributed by atoms with Crippen LogP contribution in [0.15, 0.2) is 60.9 Å². The van der Waals surface area contributed by atoms with Crippen LogP contribution in [0, 0.1) is 5.82 Å². The summed E-state index contributed by atoms with van der Waals surface area (Å²) < 4.78 is 12.9. The van der Waals surface area contributed by atoms with E-state index in [-0.39, 0.29) is 11.7 Å². The van der Waals surface area contributed by atoms with Crippen LogP contribution in [-0.2, 0) is 4.79 Å². The van der Waals surface area contributed by atoms with Crippen molar-refractivity contribution >= 4 is 17.4 Å². The number of aromatic nitrogens is 1. The molecule has 1 aromatic heterocycles. The Kier molecular flexibility index (Phi) is 5.18. The minimum absolute atomic E-state index is 0.193. The second-order valence-electron chi connectivity index (χ2n) is 5.73. The third-order valence-electron chi connectivity index (χ3n) is 4.11. The molecule has 25 heavy (non-hydrogen) atoms. The average molecular weight is 339 g/mol. The van der Waals surface area contributed by atoms with Crippen LogP contribution < -0.4 is 4.90 Å². The number of pyridine rings is 1. The third-order valence-corrected chi connectivity index (χ3v) is 4.11. The van der Waals surface area contributed by atoms with E-state index >= 15 is 0 Å². The molecular formula is C19H18FN3O2. The largest absolute Gasteiger partial charge is 0.367 e. The number of halogens is 1. The summed E-state index contributed by atoms with van der Waals surface area (Å²) in [6.45, 7) is 2.61. The van der Waals surface area contributed by atoms with Crippen molar-refractivity contribution < 1.29 is 14.0 Å². The molecule has 0 bridgehead atoms. The highest BCUT2D eigenvalue weighted by atomic mass is 19.1. The molecule has 0 N–H and O–H groups in total. The number of ketones is 1. The van der Waals surface area contributed by atoms with E-state index in [4.69, 9.17) is 0 Å². The quantitative estimate of drug-likeness (QED) is 0.634. The number of piperazine rings is 1. The molecule has 128 valence electrons. The van der Waals surface area contributed by atoms with Crippen molar-refractivity contribution in [1.82, 2.24) is 9.88 Å². The number of amides is 1. The lowest BCUT2D eigenvalue weighted by atomic mass is 10.1. The average Bonchev–Trinajstić information content (AvgIpc) is 2.67. The summed E-state index contributed by atoms with van der Waals surface area (Å²) in [5, 5.41) is 0. The molecule has 2 aromatic rings. The number of carbonyl (C=O) groups is 2. The van der Waals surface area contributed by atoms with Gasteiger partial charge in [0, 0.05) is 44.0 Å². The first-order valence-corrected chi connectivity index (χ1v) is 8.05. The fourth-order valence-corrected chi connectivity index (χ4v) is 2.69. The number of allylic oxidation sites excluding steroid dienone is 1. The Morgan fingerprint density at radius 1 is 1.00 bits per heavy atom. The van der Waals surface area contributed by atoms with E-state index in [1.807, 2.05) is 12.1 Å². The monoisotopic (exact) mass is 339 g/mol. The number of hydrogen-bond acceptors (Lipinski definition) is 4. The second kappa shape index (κ2) is 7.70. The molecule has 0 radical (unpaired) electrons. The molecule has 3 rings (SSSR count). The number of hydrogen-bond donors (Lipinski definition) is 0. The lowest BCUT2D eigenvalue weighted by Gasteiger charge is -2.35. The van der Waals surface area contributed by atoms with Crippen molar-refractivity contribution in [3.05, 3.63) is 72.3 Å². The highest BCUT2D eigenvalue weighted by molar-refractivity contribution is 6.07. The van der Waals surface area contributed by atoms with Gasteiger partial charge in [-0.05, 0) is 42.5 Å². The van der Waals surface area contributed by atoms with E-state index in [2.05, 4.69) is 9.88 Å². The van der Waals surface area contributed by atoms with Crippen LogP contribution in [0.1, 0.15) is 10.4 Å². The van der Waals surface area contributed by atoms with Gasteiger partial charge >= 0.3 is 0 Å². The molecule has 1 saturated heterocycles. The van der Waals surface area contributed by atoms with E-state index in [0.29, 0.717) is 18.7 Å². The number of anilines is 1. The van der Waals surface area contributed by atoms with Crippen LogP contribution in [0.25, 0.3) is 0 Å². The molecule has 1 fully saturated rings. The van der Waals surface area contributed by atoms with Gasteiger partial charge in [0.05, 0.1) is 11.9 Å². The van der Waals surface area contributed by atoms with Crippen LogP contribution >= 0.6 is 0 Å². The Labute approximate surface area is 145 Å². The smallest absolute Gasteiger partial charge is 0.246 e. The molecule has 2 heterocycles. The Morgan fingerprint density at radius 3 is 2.36 bits per heavy atom. The first-order valence-electron chi connectivity index (χ1n) is 8.05. The zero-order chi connectivity index (χ0) is 17.6. The Bertz CT molecular complexity index is 767. The van der Waals surface area contributed by atoms with E-state index in [9.17, 15) is 14.0 Å². The highest BCUT2D eigenvalue weighted by Crippen LogP contribution is 2.14. The number of benzene rings is 1. The zero-order valence-corrected chi connectivity index (χ0v) is 13.6. The molecule has 0 saturated carbocycles. The third kappa shape index (κ3) is 4.29. The summed E-state index contributed by atoms with van der Waals surface area (Å²) >= 11 is 0. The van der Waals surface area contributed by atoms with Gasteiger partial charge in [-0.3, -0.25) is 14.6 Å². The van der Waals surface area contributed by atoms with Gasteiger partial charge < -0.3 is 9.80 Å². The van der Waals surface area contributed by atoms with E-state index in [1.165, 1.54) is 36.4 Å². The standard InChI is InChI=1S/C19H18FN3O2/c20-16-5-3-15(4-6-16)18(24)7-8-19(25)23-12-10-22(11-13-23)17-2-1-9-21-14-17/h1-9,14H,10-13H2/b8-7+. The van der Waals surface area contributed by atoms with Crippen molar-refractivity contribution in [3.63, 3.8) is 0 Å². The minimum atomic E-state index is -0.400. The van der Waals surface area contributed by atoms with Gasteiger partial charge in [0.25, 0.3) is 0 Å². The fourth-order valence-electron chi connectivity index (χ4n) is 2.69. The summed E-state index contributed by atoms with van der Waals surface area (Å²) in [7, 11) is 0. The lowest BCUT2D eigenvalue weighted by molar-refractivity contribution is -0.126. The normalized spacial score (nSPS) is 14.8. The molecule has 1 aliphatic rings. The Morgan fingerprint density at radius 2 is 1.72 bits per heavy atom. The minimum Gasteiger partial charge on any atom is -0.367 e. The molecule has 1 aliphatic heterocycles. The molecule has 0 spiro atoms. The van der Waals surface area contributed by atoms with Crippen LogP contribution in [-0.4, -0.2) is 47.8 Å². The van der Waals surface area contributed by atoms with Gasteiger partial charge in [0.1, 0.15) is 5.82 Å². The van der Waals surface area contributed by atoms with E-state index in [1.54, 1.807) is 17.3 Å². The first-order chi connectivity index (χ1) is 12.1. The maximum atomic E-state index is 12.9. The van der Waals surface area contributed by atoms with Crippen LogP contribution in [0.2, 0.25) is 0 Å². The zero-order valence-electron chi connectivity index (χ0n) is 13.6. The molecular weight excluding hydrogens is 321 g/mol. The van der Waals surface area contributed by atoms with Gasteiger partial charge in [0.15, 0.2) is 5.78 Å². The predicted octanol–water partition coefficient (Wildman–Crippen LogP) is 2.31. The number of carbonyl (C=O) groups excluding carboxylic acids is 2. The van der Waals surface area contributed by atoms with Gasteiger partial charge in [0.2, 0.25) is 5.91 Å². The summed E-state index contributed by atoms with van der Waals surface area (Å²) in [5.41, 5.74) is 1.39. The lowest BCUT2D eigenvalue weighted by Crippen LogP contribution is -2.48. The highest BCUT2D eigenvalue weighted by Gasteiger charge is 2.20. The summed E-state index contributed by atoms with van der Waals surface area (Å²) in [4.78, 5) is 32.2. The topological polar surface area (TPSA) is 53.5 Å². The molecule has 6 heteroatoms. The van der Waals surface area contributed by atoms with Gasteiger partial charge in [-0.1, -0.05) is 0 Å². The van der Waals surface area contributed by atoms with Crippen molar-refractivity contribution in [2.24, 2.45) is 0 Å². The van der Waals surface area contributed by atoms with Crippen molar-refractivity contribution in [2.45, 2.75) is 0 Å². The Balaban J connectivity index is 1.54. The number of rotatable bonds is 4. The van der Waals surface area contributed by atoms with Crippen LogP contribution in [0.4, 0.5) is 10.1 Å². The first kappa shape index (κ1) is 16.8. The molecule has 0 unspecified atom stereocenters. The molecule has 1 amide bonds. The molecule has 0 atom stereocenters. The predicted molar refractivity (Wildman–Crippen MR) is 92.9 cm³/mol. The van der Waals surface area contributed by atoms with E-state index < -0.39 is 5.82 Å². The van der Waals surface area contributed by atoms with Gasteiger partial charge in [-0.25, -0.2) is 4.39 Å². The second-order valence-corrected chi connectivity index (χ2v) is 5.73. The van der Waals surface area contributed by atoms with Crippen molar-refractivity contribution in [3.8, 4) is 0 Å². The van der Waals surface area contributed by atoms with E-state index in [0.717, 1.165) is 18.8 Å².